The SMILES string of the molecule is COc1ccc(Nc2ccc(C(=O)Nc3cc(OC)ccc3OC)nn2)cc1. The number of ether oxygens (including phenoxy) is 3. The molecule has 0 spiro atoms. The highest BCUT2D eigenvalue weighted by atomic mass is 16.5. The number of rotatable bonds is 7. The van der Waals surface area contributed by atoms with E-state index >= 15 is 0 Å². The fraction of sp³-hybridized carbons (Fsp3) is 0.150. The maximum absolute atomic E-state index is 12.5. The summed E-state index contributed by atoms with van der Waals surface area (Å²) >= 11 is 0. The Balaban J connectivity index is 1.69. The molecule has 1 aromatic heterocycles. The Morgan fingerprint density at radius 3 is 2.14 bits per heavy atom. The smallest absolute Gasteiger partial charge is 0.276 e. The van der Waals surface area contributed by atoms with E-state index in [9.17, 15) is 4.79 Å². The second-order valence-corrected chi connectivity index (χ2v) is 5.68. The number of hydrogen-bond acceptors (Lipinski definition) is 7. The molecule has 8 heteroatoms. The zero-order chi connectivity index (χ0) is 19.9. The molecule has 0 fully saturated rings. The molecule has 0 unspecified atom stereocenters. The van der Waals surface area contributed by atoms with E-state index in [0.29, 0.717) is 23.0 Å². The molecule has 0 atom stereocenters. The third-order valence-electron chi connectivity index (χ3n) is 3.91. The van der Waals surface area contributed by atoms with Gasteiger partial charge in [0.25, 0.3) is 5.91 Å². The maximum Gasteiger partial charge on any atom is 0.276 e. The van der Waals surface area contributed by atoms with E-state index in [1.165, 1.54) is 7.11 Å². The minimum atomic E-state index is -0.407. The van der Waals surface area contributed by atoms with Crippen molar-refractivity contribution in [1.29, 1.82) is 0 Å². The quantitative estimate of drug-likeness (QED) is 0.648. The van der Waals surface area contributed by atoms with Crippen molar-refractivity contribution in [3.05, 3.63) is 60.3 Å². The molecule has 0 aliphatic heterocycles. The van der Waals surface area contributed by atoms with E-state index < -0.39 is 5.91 Å². The van der Waals surface area contributed by atoms with Gasteiger partial charge in [-0.3, -0.25) is 4.79 Å². The lowest BCUT2D eigenvalue weighted by Gasteiger charge is -2.11. The maximum atomic E-state index is 12.5. The Kier molecular flexibility index (Phi) is 5.91. The van der Waals surface area contributed by atoms with Gasteiger partial charge in [0.1, 0.15) is 17.2 Å². The van der Waals surface area contributed by atoms with Crippen molar-refractivity contribution in [2.45, 2.75) is 0 Å². The average Bonchev–Trinajstić information content (AvgIpc) is 2.74. The summed E-state index contributed by atoms with van der Waals surface area (Å²) in [5, 5.41) is 13.9. The minimum Gasteiger partial charge on any atom is -0.497 e. The van der Waals surface area contributed by atoms with Gasteiger partial charge in [-0.05, 0) is 48.5 Å². The van der Waals surface area contributed by atoms with Crippen LogP contribution in [-0.4, -0.2) is 37.4 Å². The van der Waals surface area contributed by atoms with Crippen LogP contribution < -0.4 is 24.8 Å². The number of methoxy groups -OCH3 is 3. The number of benzene rings is 2. The number of anilines is 3. The number of amides is 1. The predicted molar refractivity (Wildman–Crippen MR) is 106 cm³/mol. The predicted octanol–water partition coefficient (Wildman–Crippen LogP) is 3.50. The van der Waals surface area contributed by atoms with E-state index in [1.54, 1.807) is 44.6 Å². The van der Waals surface area contributed by atoms with Gasteiger partial charge in [0.15, 0.2) is 11.5 Å². The van der Waals surface area contributed by atoms with Crippen LogP contribution in [0.1, 0.15) is 10.5 Å². The van der Waals surface area contributed by atoms with Crippen LogP contribution in [0.25, 0.3) is 0 Å². The monoisotopic (exact) mass is 380 g/mol. The highest BCUT2D eigenvalue weighted by molar-refractivity contribution is 6.03. The minimum absolute atomic E-state index is 0.171. The van der Waals surface area contributed by atoms with Crippen molar-refractivity contribution in [2.24, 2.45) is 0 Å². The molecule has 0 bridgehead atoms. The van der Waals surface area contributed by atoms with Gasteiger partial charge in [-0.15, -0.1) is 10.2 Å². The normalized spacial score (nSPS) is 10.1. The van der Waals surface area contributed by atoms with E-state index in [2.05, 4.69) is 20.8 Å². The van der Waals surface area contributed by atoms with Crippen molar-refractivity contribution in [3.63, 3.8) is 0 Å². The second kappa shape index (κ2) is 8.72. The molecule has 144 valence electrons. The summed E-state index contributed by atoms with van der Waals surface area (Å²) in [5.41, 5.74) is 1.48. The van der Waals surface area contributed by atoms with Crippen LogP contribution in [0.4, 0.5) is 17.2 Å². The first-order chi connectivity index (χ1) is 13.6. The highest BCUT2D eigenvalue weighted by Gasteiger charge is 2.13. The second-order valence-electron chi connectivity index (χ2n) is 5.68. The van der Waals surface area contributed by atoms with E-state index in [4.69, 9.17) is 14.2 Å². The number of nitrogens with zero attached hydrogens (tertiary/aromatic N) is 2. The van der Waals surface area contributed by atoms with Crippen LogP contribution in [0.5, 0.6) is 17.2 Å². The van der Waals surface area contributed by atoms with Crippen LogP contribution in [0.15, 0.2) is 54.6 Å². The molecule has 0 aliphatic rings. The van der Waals surface area contributed by atoms with Crippen molar-refractivity contribution < 1.29 is 19.0 Å². The van der Waals surface area contributed by atoms with Gasteiger partial charge in [-0.1, -0.05) is 0 Å². The van der Waals surface area contributed by atoms with Gasteiger partial charge in [0.2, 0.25) is 0 Å². The lowest BCUT2D eigenvalue weighted by Crippen LogP contribution is -2.15. The van der Waals surface area contributed by atoms with E-state index in [1.807, 2.05) is 24.3 Å². The third-order valence-corrected chi connectivity index (χ3v) is 3.91. The Morgan fingerprint density at radius 1 is 0.821 bits per heavy atom. The molecule has 0 aliphatic carbocycles. The highest BCUT2D eigenvalue weighted by Crippen LogP contribution is 2.29. The molecule has 28 heavy (non-hydrogen) atoms. The Labute approximate surface area is 162 Å². The summed E-state index contributed by atoms with van der Waals surface area (Å²) < 4.78 is 15.6. The van der Waals surface area contributed by atoms with E-state index in [-0.39, 0.29) is 5.69 Å². The van der Waals surface area contributed by atoms with Crippen LogP contribution in [-0.2, 0) is 0 Å². The summed E-state index contributed by atoms with van der Waals surface area (Å²) in [5.74, 6) is 1.98. The number of carbonyl (C=O) groups is 1. The van der Waals surface area contributed by atoms with Crippen LogP contribution in [0.2, 0.25) is 0 Å². The molecule has 0 saturated heterocycles. The van der Waals surface area contributed by atoms with Crippen molar-refractivity contribution in [1.82, 2.24) is 10.2 Å². The van der Waals surface area contributed by atoms with E-state index in [0.717, 1.165) is 11.4 Å². The summed E-state index contributed by atoms with van der Waals surface area (Å²) in [6.07, 6.45) is 0. The standard InChI is InChI=1S/C20H20N4O4/c1-26-14-6-4-13(5-7-14)21-19-11-9-16(23-24-19)20(25)22-17-12-15(27-2)8-10-18(17)28-3/h4-12H,1-3H3,(H,21,24)(H,22,25). The van der Waals surface area contributed by atoms with Gasteiger partial charge in [0, 0.05) is 11.8 Å². The summed E-state index contributed by atoms with van der Waals surface area (Å²) in [7, 11) is 4.68. The molecule has 2 N–H and O–H groups in total. The van der Waals surface area contributed by atoms with Crippen LogP contribution in [0, 0.1) is 0 Å². The zero-order valence-corrected chi connectivity index (χ0v) is 15.7. The fourth-order valence-electron chi connectivity index (χ4n) is 2.44. The number of carbonyl (C=O) groups excluding carboxylic acids is 1. The third kappa shape index (κ3) is 4.47. The Morgan fingerprint density at radius 2 is 1.54 bits per heavy atom. The fourth-order valence-corrected chi connectivity index (χ4v) is 2.44. The topological polar surface area (TPSA) is 94.6 Å². The Bertz CT molecular complexity index is 943. The number of hydrogen-bond donors (Lipinski definition) is 2. The van der Waals surface area contributed by atoms with Crippen molar-refractivity contribution in [2.75, 3.05) is 32.0 Å². The number of nitrogens with one attached hydrogen (secondary N) is 2. The first kappa shape index (κ1) is 19.0. The van der Waals surface area contributed by atoms with Crippen molar-refractivity contribution in [3.8, 4) is 17.2 Å². The van der Waals surface area contributed by atoms with Gasteiger partial charge < -0.3 is 24.8 Å². The zero-order valence-electron chi connectivity index (χ0n) is 15.7. The summed E-state index contributed by atoms with van der Waals surface area (Å²) in [6, 6.07) is 15.8. The first-order valence-electron chi connectivity index (χ1n) is 8.41. The molecule has 8 nitrogen and oxygen atoms in total. The van der Waals surface area contributed by atoms with Gasteiger partial charge in [-0.2, -0.15) is 0 Å². The lowest BCUT2D eigenvalue weighted by atomic mass is 10.2. The van der Waals surface area contributed by atoms with Gasteiger partial charge in [-0.25, -0.2) is 0 Å². The summed E-state index contributed by atoms with van der Waals surface area (Å²) in [4.78, 5) is 12.5. The summed E-state index contributed by atoms with van der Waals surface area (Å²) in [6.45, 7) is 0. The molecule has 0 saturated carbocycles. The largest absolute Gasteiger partial charge is 0.497 e. The lowest BCUT2D eigenvalue weighted by molar-refractivity contribution is 0.102. The van der Waals surface area contributed by atoms with Gasteiger partial charge in [0.05, 0.1) is 27.0 Å². The molecule has 2 aromatic carbocycles. The van der Waals surface area contributed by atoms with Crippen molar-refractivity contribution >= 4 is 23.1 Å². The molecular weight excluding hydrogens is 360 g/mol. The molecular formula is C20H20N4O4. The Hall–Kier alpha value is -3.81. The van der Waals surface area contributed by atoms with Crippen LogP contribution in [0.3, 0.4) is 0 Å². The molecule has 3 aromatic rings. The molecule has 1 heterocycles. The average molecular weight is 380 g/mol. The van der Waals surface area contributed by atoms with Crippen LogP contribution >= 0.6 is 0 Å². The van der Waals surface area contributed by atoms with Gasteiger partial charge >= 0.3 is 0 Å². The molecule has 0 radical (unpaired) electrons. The number of aromatic nitrogens is 2. The molecule has 3 rings (SSSR count). The molecule has 1 amide bonds. The first-order valence-corrected chi connectivity index (χ1v) is 8.41.